The maximum atomic E-state index is 11.4. The molecule has 1 aliphatic rings. The number of carbonyl (C=O) groups excluding carboxylic acids is 1. The van der Waals surface area contributed by atoms with Gasteiger partial charge in [0.25, 0.3) is 0 Å². The van der Waals surface area contributed by atoms with Gasteiger partial charge in [-0.05, 0) is 26.8 Å². The van der Waals surface area contributed by atoms with Gasteiger partial charge in [-0.25, -0.2) is 5.01 Å². The van der Waals surface area contributed by atoms with Crippen LogP contribution in [0.25, 0.3) is 0 Å². The molecule has 2 N–H and O–H groups in total. The quantitative estimate of drug-likeness (QED) is 0.680. The lowest BCUT2D eigenvalue weighted by atomic mass is 10.3. The molecule has 4 heteroatoms. The normalized spacial score (nSPS) is 19.1. The van der Waals surface area contributed by atoms with Crippen molar-refractivity contribution in [2.45, 2.75) is 32.7 Å². The second-order valence-electron chi connectivity index (χ2n) is 3.68. The number of amides is 1. The monoisotopic (exact) mass is 185 g/mol. The topological polar surface area (TPSA) is 49.6 Å². The molecular formula is C9H19N3O. The van der Waals surface area contributed by atoms with E-state index in [1.165, 1.54) is 0 Å². The first kappa shape index (κ1) is 10.5. The molecule has 0 aromatic rings. The fraction of sp³-hybridized carbons (Fsp3) is 0.889. The van der Waals surface area contributed by atoms with Gasteiger partial charge in [-0.1, -0.05) is 0 Å². The van der Waals surface area contributed by atoms with Crippen LogP contribution >= 0.6 is 0 Å². The number of hydrazine groups is 1. The molecule has 76 valence electrons. The Morgan fingerprint density at radius 3 is 2.77 bits per heavy atom. The SMILES string of the molecule is CC(C)N1C(=O)CCN1CCCN. The van der Waals surface area contributed by atoms with Crippen molar-refractivity contribution in [1.82, 2.24) is 10.0 Å². The van der Waals surface area contributed by atoms with Crippen LogP contribution in [0, 0.1) is 0 Å². The molecule has 1 fully saturated rings. The smallest absolute Gasteiger partial charge is 0.238 e. The number of rotatable bonds is 4. The van der Waals surface area contributed by atoms with Crippen LogP contribution in [0.3, 0.4) is 0 Å². The number of hydrogen-bond donors (Lipinski definition) is 1. The summed E-state index contributed by atoms with van der Waals surface area (Å²) < 4.78 is 0. The largest absolute Gasteiger partial charge is 0.330 e. The second-order valence-corrected chi connectivity index (χ2v) is 3.68. The highest BCUT2D eigenvalue weighted by molar-refractivity contribution is 5.77. The fourth-order valence-corrected chi connectivity index (χ4v) is 1.71. The lowest BCUT2D eigenvalue weighted by Gasteiger charge is -2.31. The summed E-state index contributed by atoms with van der Waals surface area (Å²) >= 11 is 0. The zero-order valence-electron chi connectivity index (χ0n) is 8.49. The third-order valence-electron chi connectivity index (χ3n) is 2.25. The van der Waals surface area contributed by atoms with Crippen molar-refractivity contribution in [2.75, 3.05) is 19.6 Å². The first-order chi connectivity index (χ1) is 6.16. The fourth-order valence-electron chi connectivity index (χ4n) is 1.71. The lowest BCUT2D eigenvalue weighted by Crippen LogP contribution is -2.44. The van der Waals surface area contributed by atoms with Gasteiger partial charge < -0.3 is 5.73 Å². The third kappa shape index (κ3) is 2.42. The summed E-state index contributed by atoms with van der Waals surface area (Å²) in [6, 6.07) is 0.271. The van der Waals surface area contributed by atoms with Gasteiger partial charge in [-0.3, -0.25) is 9.80 Å². The van der Waals surface area contributed by atoms with Gasteiger partial charge in [0.1, 0.15) is 0 Å². The van der Waals surface area contributed by atoms with Gasteiger partial charge in [0.15, 0.2) is 0 Å². The Morgan fingerprint density at radius 2 is 2.23 bits per heavy atom. The molecule has 0 atom stereocenters. The van der Waals surface area contributed by atoms with Gasteiger partial charge in [0.2, 0.25) is 5.91 Å². The van der Waals surface area contributed by atoms with Crippen LogP contribution in [0.2, 0.25) is 0 Å². The second kappa shape index (κ2) is 4.58. The van der Waals surface area contributed by atoms with Gasteiger partial charge in [-0.2, -0.15) is 0 Å². The van der Waals surface area contributed by atoms with E-state index in [4.69, 9.17) is 5.73 Å². The molecule has 1 amide bonds. The molecule has 0 aliphatic carbocycles. The van der Waals surface area contributed by atoms with Crippen molar-refractivity contribution in [3.8, 4) is 0 Å². The Balaban J connectivity index is 2.49. The van der Waals surface area contributed by atoms with Crippen LogP contribution in [0.5, 0.6) is 0 Å². The molecule has 4 nitrogen and oxygen atoms in total. The highest BCUT2D eigenvalue weighted by atomic mass is 16.2. The van der Waals surface area contributed by atoms with Crippen LogP contribution in [0.15, 0.2) is 0 Å². The van der Waals surface area contributed by atoms with Crippen LogP contribution < -0.4 is 5.73 Å². The van der Waals surface area contributed by atoms with Crippen LogP contribution in [0.1, 0.15) is 26.7 Å². The summed E-state index contributed by atoms with van der Waals surface area (Å²) in [5, 5.41) is 3.97. The molecule has 0 spiro atoms. The number of nitrogens with zero attached hydrogens (tertiary/aromatic N) is 2. The van der Waals surface area contributed by atoms with E-state index in [-0.39, 0.29) is 11.9 Å². The molecule has 0 aromatic carbocycles. The van der Waals surface area contributed by atoms with Crippen molar-refractivity contribution in [1.29, 1.82) is 0 Å². The van der Waals surface area contributed by atoms with E-state index in [1.807, 2.05) is 18.9 Å². The minimum Gasteiger partial charge on any atom is -0.330 e. The van der Waals surface area contributed by atoms with E-state index < -0.39 is 0 Å². The van der Waals surface area contributed by atoms with Crippen molar-refractivity contribution in [2.24, 2.45) is 5.73 Å². The van der Waals surface area contributed by atoms with Crippen LogP contribution in [-0.2, 0) is 4.79 Å². The predicted octanol–water partition coefficient (Wildman–Crippen LogP) is 0.193. The molecule has 1 rings (SSSR count). The Hall–Kier alpha value is -0.610. The van der Waals surface area contributed by atoms with Crippen molar-refractivity contribution in [3.63, 3.8) is 0 Å². The standard InChI is InChI=1S/C9H19N3O/c1-8(2)12-9(13)4-7-11(12)6-3-5-10/h8H,3-7,10H2,1-2H3. The lowest BCUT2D eigenvalue weighted by molar-refractivity contribution is -0.141. The third-order valence-corrected chi connectivity index (χ3v) is 2.25. The van der Waals surface area contributed by atoms with Crippen molar-refractivity contribution < 1.29 is 4.79 Å². The summed E-state index contributed by atoms with van der Waals surface area (Å²) in [6.07, 6.45) is 1.61. The molecular weight excluding hydrogens is 166 g/mol. The van der Waals surface area contributed by atoms with Crippen LogP contribution in [0.4, 0.5) is 0 Å². The maximum absolute atomic E-state index is 11.4. The first-order valence-electron chi connectivity index (χ1n) is 4.93. The molecule has 13 heavy (non-hydrogen) atoms. The zero-order valence-corrected chi connectivity index (χ0v) is 8.49. The summed E-state index contributed by atoms with van der Waals surface area (Å²) in [4.78, 5) is 11.4. The summed E-state index contributed by atoms with van der Waals surface area (Å²) in [5.41, 5.74) is 5.43. The Bertz CT molecular complexity index is 182. The van der Waals surface area contributed by atoms with Gasteiger partial charge in [0, 0.05) is 25.6 Å². The molecule has 0 bridgehead atoms. The van der Waals surface area contributed by atoms with Crippen LogP contribution in [-0.4, -0.2) is 41.6 Å². The summed E-state index contributed by atoms with van der Waals surface area (Å²) in [5.74, 6) is 0.243. The maximum Gasteiger partial charge on any atom is 0.238 e. The van der Waals surface area contributed by atoms with Crippen molar-refractivity contribution >= 4 is 5.91 Å². The van der Waals surface area contributed by atoms with E-state index in [0.29, 0.717) is 13.0 Å². The first-order valence-corrected chi connectivity index (χ1v) is 4.93. The predicted molar refractivity (Wildman–Crippen MR) is 51.8 cm³/mol. The average Bonchev–Trinajstić information content (AvgIpc) is 2.43. The molecule has 0 radical (unpaired) electrons. The Kier molecular flexibility index (Phi) is 3.69. The van der Waals surface area contributed by atoms with E-state index in [2.05, 4.69) is 5.01 Å². The minimum atomic E-state index is 0.243. The summed E-state index contributed by atoms with van der Waals surface area (Å²) in [6.45, 7) is 6.53. The average molecular weight is 185 g/mol. The van der Waals surface area contributed by atoms with Gasteiger partial charge in [-0.15, -0.1) is 0 Å². The van der Waals surface area contributed by atoms with E-state index in [0.717, 1.165) is 19.5 Å². The molecule has 1 heterocycles. The van der Waals surface area contributed by atoms with Gasteiger partial charge >= 0.3 is 0 Å². The Morgan fingerprint density at radius 1 is 1.54 bits per heavy atom. The number of nitrogens with two attached hydrogens (primary N) is 1. The van der Waals surface area contributed by atoms with E-state index in [9.17, 15) is 4.79 Å². The summed E-state index contributed by atoms with van der Waals surface area (Å²) in [7, 11) is 0. The molecule has 0 unspecified atom stereocenters. The van der Waals surface area contributed by atoms with Crippen molar-refractivity contribution in [3.05, 3.63) is 0 Å². The minimum absolute atomic E-state index is 0.243. The molecule has 1 saturated heterocycles. The zero-order chi connectivity index (χ0) is 9.84. The Labute approximate surface area is 79.6 Å². The number of hydrogen-bond acceptors (Lipinski definition) is 3. The molecule has 0 aromatic heterocycles. The molecule has 0 saturated carbocycles. The highest BCUT2D eigenvalue weighted by Crippen LogP contribution is 2.15. The number of carbonyl (C=O) groups is 1. The van der Waals surface area contributed by atoms with Gasteiger partial charge in [0.05, 0.1) is 0 Å². The molecule has 1 aliphatic heterocycles. The van der Waals surface area contributed by atoms with E-state index in [1.54, 1.807) is 0 Å². The highest BCUT2D eigenvalue weighted by Gasteiger charge is 2.29. The van der Waals surface area contributed by atoms with E-state index >= 15 is 0 Å².